The fraction of sp³-hybridized carbons (Fsp3) is 0.300. The molecule has 0 spiro atoms. The molecule has 0 saturated heterocycles. The van der Waals surface area contributed by atoms with Gasteiger partial charge in [-0.1, -0.05) is 21.1 Å². The Morgan fingerprint density at radius 1 is 1.36 bits per heavy atom. The normalized spacial score (nSPS) is 18.3. The maximum absolute atomic E-state index is 13.5. The van der Waals surface area contributed by atoms with Crippen LogP contribution in [-0.4, -0.2) is 10.9 Å². The maximum atomic E-state index is 13.5. The van der Waals surface area contributed by atoms with Crippen LogP contribution < -0.4 is 0 Å². The molecule has 14 heavy (non-hydrogen) atoms. The first-order chi connectivity index (χ1) is 6.72. The van der Waals surface area contributed by atoms with E-state index in [1.165, 1.54) is 6.07 Å². The quantitative estimate of drug-likeness (QED) is 0.562. The van der Waals surface area contributed by atoms with E-state index in [0.29, 0.717) is 28.6 Å². The highest BCUT2D eigenvalue weighted by Crippen LogP contribution is 2.27. The Morgan fingerprint density at radius 3 is 2.86 bits per heavy atom. The van der Waals surface area contributed by atoms with Crippen LogP contribution in [0.4, 0.5) is 4.39 Å². The minimum Gasteiger partial charge on any atom is -0.411 e. The molecule has 1 aromatic rings. The largest absolute Gasteiger partial charge is 0.411 e. The lowest BCUT2D eigenvalue weighted by Gasteiger charge is -2.17. The fourth-order valence-corrected chi connectivity index (χ4v) is 2.22. The summed E-state index contributed by atoms with van der Waals surface area (Å²) in [5.41, 5.74) is 1.96. The zero-order valence-electron chi connectivity index (χ0n) is 7.43. The van der Waals surface area contributed by atoms with E-state index in [2.05, 4.69) is 21.1 Å². The third-order valence-electron chi connectivity index (χ3n) is 2.43. The van der Waals surface area contributed by atoms with Gasteiger partial charge in [0.25, 0.3) is 0 Å². The van der Waals surface area contributed by atoms with Crippen molar-refractivity contribution in [2.75, 3.05) is 0 Å². The van der Waals surface area contributed by atoms with Crippen LogP contribution in [0.3, 0.4) is 0 Å². The van der Waals surface area contributed by atoms with Crippen LogP contribution in [0.2, 0.25) is 0 Å². The summed E-state index contributed by atoms with van der Waals surface area (Å²) < 4.78 is 14.2. The fourth-order valence-electron chi connectivity index (χ4n) is 1.79. The number of benzene rings is 1. The summed E-state index contributed by atoms with van der Waals surface area (Å²) in [4.78, 5) is 0. The molecular weight excluding hydrogens is 249 g/mol. The van der Waals surface area contributed by atoms with E-state index >= 15 is 0 Å². The van der Waals surface area contributed by atoms with E-state index < -0.39 is 0 Å². The van der Waals surface area contributed by atoms with Crippen LogP contribution in [0.15, 0.2) is 21.8 Å². The second-order valence-corrected chi connectivity index (χ2v) is 4.23. The van der Waals surface area contributed by atoms with Gasteiger partial charge in [-0.15, -0.1) is 0 Å². The average Bonchev–Trinajstić information content (AvgIpc) is 2.17. The summed E-state index contributed by atoms with van der Waals surface area (Å²) in [5.74, 6) is -0.227. The third-order valence-corrected chi connectivity index (χ3v) is 2.89. The van der Waals surface area contributed by atoms with Crippen molar-refractivity contribution in [1.29, 1.82) is 0 Å². The molecule has 1 N–H and O–H groups in total. The lowest BCUT2D eigenvalue weighted by molar-refractivity contribution is 0.317. The van der Waals surface area contributed by atoms with Crippen molar-refractivity contribution < 1.29 is 9.60 Å². The Hall–Kier alpha value is -0.900. The number of hydrogen-bond donors (Lipinski definition) is 1. The molecule has 0 bridgehead atoms. The Labute approximate surface area is 89.6 Å². The molecule has 0 saturated carbocycles. The first-order valence-electron chi connectivity index (χ1n) is 4.41. The smallest absolute Gasteiger partial charge is 0.128 e. The van der Waals surface area contributed by atoms with E-state index in [-0.39, 0.29) is 5.82 Å². The van der Waals surface area contributed by atoms with Gasteiger partial charge in [-0.2, -0.15) is 0 Å². The van der Waals surface area contributed by atoms with Crippen molar-refractivity contribution in [3.05, 3.63) is 33.5 Å². The van der Waals surface area contributed by atoms with Gasteiger partial charge in [0, 0.05) is 10.0 Å². The van der Waals surface area contributed by atoms with Crippen molar-refractivity contribution in [2.24, 2.45) is 5.16 Å². The van der Waals surface area contributed by atoms with Gasteiger partial charge in [0.1, 0.15) is 5.82 Å². The molecule has 0 atom stereocenters. The van der Waals surface area contributed by atoms with Gasteiger partial charge >= 0.3 is 0 Å². The Bertz CT molecular complexity index is 403. The number of hydrogen-bond acceptors (Lipinski definition) is 2. The molecule has 0 aromatic heterocycles. The highest BCUT2D eigenvalue weighted by atomic mass is 79.9. The predicted octanol–water partition coefficient (Wildman–Crippen LogP) is 3.10. The van der Waals surface area contributed by atoms with Gasteiger partial charge in [0.2, 0.25) is 0 Å². The van der Waals surface area contributed by atoms with Crippen molar-refractivity contribution in [3.63, 3.8) is 0 Å². The minimum atomic E-state index is -0.227. The zero-order chi connectivity index (χ0) is 10.1. The molecular formula is C10H9BrFNO. The summed E-state index contributed by atoms with van der Waals surface area (Å²) in [6.45, 7) is 0. The molecule has 2 rings (SSSR count). The second-order valence-electron chi connectivity index (χ2n) is 3.31. The first kappa shape index (κ1) is 9.65. The summed E-state index contributed by atoms with van der Waals surface area (Å²) in [7, 11) is 0. The molecule has 0 amide bonds. The number of nitrogens with zero attached hydrogens (tertiary/aromatic N) is 1. The first-order valence-corrected chi connectivity index (χ1v) is 5.21. The van der Waals surface area contributed by atoms with E-state index in [1.807, 2.05) is 0 Å². The SMILES string of the molecule is O/N=C1/CCCc2c(F)cc(Br)cc21. The predicted molar refractivity (Wildman–Crippen MR) is 55.4 cm³/mol. The lowest BCUT2D eigenvalue weighted by Crippen LogP contribution is -2.13. The van der Waals surface area contributed by atoms with Crippen LogP contribution in [0.1, 0.15) is 24.0 Å². The zero-order valence-corrected chi connectivity index (χ0v) is 9.01. The van der Waals surface area contributed by atoms with Gasteiger partial charge < -0.3 is 5.21 Å². The Balaban J connectivity index is 2.62. The van der Waals surface area contributed by atoms with Gasteiger partial charge in [-0.05, 0) is 37.0 Å². The highest BCUT2D eigenvalue weighted by Gasteiger charge is 2.19. The minimum absolute atomic E-state index is 0.227. The van der Waals surface area contributed by atoms with Gasteiger partial charge in [0.15, 0.2) is 0 Å². The molecule has 1 aliphatic rings. The van der Waals surface area contributed by atoms with E-state index in [9.17, 15) is 4.39 Å². The van der Waals surface area contributed by atoms with E-state index in [0.717, 1.165) is 12.0 Å². The maximum Gasteiger partial charge on any atom is 0.128 e. The van der Waals surface area contributed by atoms with E-state index in [1.54, 1.807) is 6.07 Å². The van der Waals surface area contributed by atoms with Crippen LogP contribution in [0.25, 0.3) is 0 Å². The molecule has 1 aromatic carbocycles. The second kappa shape index (κ2) is 3.69. The summed E-state index contributed by atoms with van der Waals surface area (Å²) >= 11 is 3.22. The molecule has 2 nitrogen and oxygen atoms in total. The summed E-state index contributed by atoms with van der Waals surface area (Å²) in [6.07, 6.45) is 2.26. The van der Waals surface area contributed by atoms with Gasteiger partial charge in [-0.3, -0.25) is 0 Å². The number of fused-ring (bicyclic) bond motifs is 1. The molecule has 0 radical (unpaired) electrons. The molecule has 0 unspecified atom stereocenters. The topological polar surface area (TPSA) is 32.6 Å². The number of oxime groups is 1. The van der Waals surface area contributed by atoms with Crippen molar-refractivity contribution in [1.82, 2.24) is 0 Å². The lowest BCUT2D eigenvalue weighted by atomic mass is 9.90. The summed E-state index contributed by atoms with van der Waals surface area (Å²) in [6, 6.07) is 3.24. The third kappa shape index (κ3) is 1.54. The standard InChI is InChI=1S/C10H9BrFNO/c11-6-4-8-7(9(12)5-6)2-1-3-10(8)13-14/h4-5,14H,1-3H2/b13-10-. The number of halogens is 2. The van der Waals surface area contributed by atoms with Crippen molar-refractivity contribution in [3.8, 4) is 0 Å². The number of rotatable bonds is 0. The van der Waals surface area contributed by atoms with Crippen LogP contribution >= 0.6 is 15.9 Å². The van der Waals surface area contributed by atoms with Crippen LogP contribution in [0.5, 0.6) is 0 Å². The Morgan fingerprint density at radius 2 is 2.14 bits per heavy atom. The van der Waals surface area contributed by atoms with Crippen molar-refractivity contribution >= 4 is 21.6 Å². The summed E-state index contributed by atoms with van der Waals surface area (Å²) in [5, 5.41) is 12.0. The molecule has 0 fully saturated rings. The monoisotopic (exact) mass is 257 g/mol. The molecule has 0 aliphatic heterocycles. The molecule has 0 heterocycles. The average molecular weight is 258 g/mol. The molecule has 1 aliphatic carbocycles. The van der Waals surface area contributed by atoms with Crippen molar-refractivity contribution in [2.45, 2.75) is 19.3 Å². The Kier molecular flexibility index (Phi) is 2.54. The van der Waals surface area contributed by atoms with Gasteiger partial charge in [0.05, 0.1) is 5.71 Å². The molecule has 74 valence electrons. The van der Waals surface area contributed by atoms with E-state index in [4.69, 9.17) is 5.21 Å². The van der Waals surface area contributed by atoms with Gasteiger partial charge in [-0.25, -0.2) is 4.39 Å². The highest BCUT2D eigenvalue weighted by molar-refractivity contribution is 9.10. The molecule has 4 heteroatoms. The van der Waals surface area contributed by atoms with Crippen LogP contribution in [0, 0.1) is 5.82 Å². The van der Waals surface area contributed by atoms with Crippen LogP contribution in [-0.2, 0) is 6.42 Å².